The Hall–Kier alpha value is -1.67. The summed E-state index contributed by atoms with van der Waals surface area (Å²) in [6, 6.07) is -0.105. The molecule has 1 saturated carbocycles. The molecule has 1 aliphatic carbocycles. The number of carbonyl (C=O) groups is 3. The van der Waals surface area contributed by atoms with E-state index < -0.39 is 5.54 Å². The molecule has 4 amide bonds. The van der Waals surface area contributed by atoms with Crippen molar-refractivity contribution in [2.24, 2.45) is 5.92 Å². The third-order valence-electron chi connectivity index (χ3n) is 7.40. The van der Waals surface area contributed by atoms with Gasteiger partial charge in [0.2, 0.25) is 5.91 Å². The van der Waals surface area contributed by atoms with Crippen molar-refractivity contribution in [2.45, 2.75) is 70.4 Å². The lowest BCUT2D eigenvalue weighted by atomic mass is 9.81. The maximum Gasteiger partial charge on any atom is 0.327 e. The van der Waals surface area contributed by atoms with Gasteiger partial charge in [0.25, 0.3) is 5.91 Å². The number of amides is 4. The highest BCUT2D eigenvalue weighted by molar-refractivity contribution is 6.08. The molecule has 3 rings (SSSR count). The first-order valence-corrected chi connectivity index (χ1v) is 11.6. The van der Waals surface area contributed by atoms with Gasteiger partial charge in [0, 0.05) is 32.7 Å². The van der Waals surface area contributed by atoms with Gasteiger partial charge < -0.3 is 15.0 Å². The molecule has 3 aliphatic rings. The van der Waals surface area contributed by atoms with Crippen LogP contribution in [0.15, 0.2) is 0 Å². The number of nitrogens with zero attached hydrogens (tertiary/aromatic N) is 3. The normalized spacial score (nSPS) is 23.5. The van der Waals surface area contributed by atoms with Gasteiger partial charge in [-0.3, -0.25) is 19.4 Å². The van der Waals surface area contributed by atoms with E-state index in [0.29, 0.717) is 25.3 Å². The molecule has 0 aromatic carbocycles. The van der Waals surface area contributed by atoms with Crippen LogP contribution in [0.25, 0.3) is 0 Å². The second-order valence-electron chi connectivity index (χ2n) is 8.92. The van der Waals surface area contributed by atoms with Crippen molar-refractivity contribution in [1.29, 1.82) is 0 Å². The Kier molecular flexibility index (Phi) is 7.74. The second-order valence-corrected chi connectivity index (χ2v) is 8.92. The number of ether oxygens (including phenoxy) is 1. The van der Waals surface area contributed by atoms with E-state index in [1.54, 1.807) is 11.9 Å². The highest BCUT2D eigenvalue weighted by Gasteiger charge is 2.55. The molecule has 170 valence electrons. The van der Waals surface area contributed by atoms with Crippen LogP contribution in [0.1, 0.15) is 58.8 Å². The highest BCUT2D eigenvalue weighted by atomic mass is 16.5. The first-order chi connectivity index (χ1) is 14.4. The molecule has 1 unspecified atom stereocenters. The topological polar surface area (TPSA) is 82.2 Å². The third kappa shape index (κ3) is 4.49. The van der Waals surface area contributed by atoms with E-state index in [0.717, 1.165) is 63.3 Å². The van der Waals surface area contributed by atoms with Crippen molar-refractivity contribution in [1.82, 2.24) is 20.0 Å². The lowest BCUT2D eigenvalue weighted by Gasteiger charge is -2.38. The summed E-state index contributed by atoms with van der Waals surface area (Å²) in [5, 5.41) is 3.02. The average molecular weight is 423 g/mol. The molecule has 1 spiro atoms. The average Bonchev–Trinajstić information content (AvgIpc) is 2.94. The minimum Gasteiger partial charge on any atom is -0.379 e. The fourth-order valence-corrected chi connectivity index (χ4v) is 5.42. The van der Waals surface area contributed by atoms with Crippen molar-refractivity contribution in [2.75, 3.05) is 46.4 Å². The Labute approximate surface area is 180 Å². The van der Waals surface area contributed by atoms with E-state index in [1.807, 2.05) is 0 Å². The SMILES string of the molecule is CCC(CC)C(CNC(=O)CN1C(=O)N(C)C2(CCCCC2)C1=O)N1CCOCC1. The number of imide groups is 1. The van der Waals surface area contributed by atoms with E-state index in [4.69, 9.17) is 4.74 Å². The van der Waals surface area contributed by atoms with Gasteiger partial charge in [-0.25, -0.2) is 4.79 Å². The number of rotatable bonds is 8. The number of likely N-dealkylation sites (N-methyl/N-ethyl adjacent to an activating group) is 1. The number of hydrogen-bond acceptors (Lipinski definition) is 5. The van der Waals surface area contributed by atoms with Gasteiger partial charge in [-0.2, -0.15) is 0 Å². The van der Waals surface area contributed by atoms with E-state index in [2.05, 4.69) is 24.1 Å². The van der Waals surface area contributed by atoms with Crippen LogP contribution in [0.2, 0.25) is 0 Å². The maximum absolute atomic E-state index is 13.1. The summed E-state index contributed by atoms with van der Waals surface area (Å²) < 4.78 is 5.48. The molecule has 8 nitrogen and oxygen atoms in total. The summed E-state index contributed by atoms with van der Waals surface area (Å²) in [5.41, 5.74) is -0.735. The summed E-state index contributed by atoms with van der Waals surface area (Å²) in [4.78, 5) is 43.7. The van der Waals surface area contributed by atoms with Gasteiger partial charge >= 0.3 is 6.03 Å². The quantitative estimate of drug-likeness (QED) is 0.604. The predicted octanol–water partition coefficient (Wildman–Crippen LogP) is 1.84. The van der Waals surface area contributed by atoms with E-state index in [1.165, 1.54) is 0 Å². The fourth-order valence-electron chi connectivity index (χ4n) is 5.42. The lowest BCUT2D eigenvalue weighted by Crippen LogP contribution is -2.53. The van der Waals surface area contributed by atoms with Crippen molar-refractivity contribution < 1.29 is 19.1 Å². The molecule has 3 fully saturated rings. The van der Waals surface area contributed by atoms with Crippen LogP contribution in [0.4, 0.5) is 4.79 Å². The zero-order valence-corrected chi connectivity index (χ0v) is 18.8. The summed E-state index contributed by atoms with van der Waals surface area (Å²) >= 11 is 0. The Morgan fingerprint density at radius 3 is 2.33 bits per heavy atom. The molecule has 0 aromatic heterocycles. The number of morpholine rings is 1. The molecule has 1 atom stereocenters. The zero-order valence-electron chi connectivity index (χ0n) is 18.8. The molecule has 2 saturated heterocycles. The highest BCUT2D eigenvalue weighted by Crippen LogP contribution is 2.39. The van der Waals surface area contributed by atoms with Crippen LogP contribution in [-0.4, -0.2) is 90.6 Å². The van der Waals surface area contributed by atoms with Crippen molar-refractivity contribution in [3.05, 3.63) is 0 Å². The third-order valence-corrected chi connectivity index (χ3v) is 7.40. The number of carbonyl (C=O) groups excluding carboxylic acids is 3. The van der Waals surface area contributed by atoms with Crippen LogP contribution < -0.4 is 5.32 Å². The maximum atomic E-state index is 13.1. The second kappa shape index (κ2) is 10.1. The van der Waals surface area contributed by atoms with E-state index in [-0.39, 0.29) is 30.4 Å². The van der Waals surface area contributed by atoms with Gasteiger partial charge in [0.05, 0.1) is 13.2 Å². The van der Waals surface area contributed by atoms with Crippen LogP contribution in [-0.2, 0) is 14.3 Å². The predicted molar refractivity (Wildman–Crippen MR) is 114 cm³/mol. The van der Waals surface area contributed by atoms with E-state index in [9.17, 15) is 14.4 Å². The summed E-state index contributed by atoms with van der Waals surface area (Å²) in [7, 11) is 1.70. The van der Waals surface area contributed by atoms with Crippen LogP contribution in [0, 0.1) is 5.92 Å². The number of urea groups is 1. The Balaban J connectivity index is 1.61. The molecule has 2 heterocycles. The van der Waals surface area contributed by atoms with Crippen molar-refractivity contribution in [3.8, 4) is 0 Å². The molecule has 0 bridgehead atoms. The van der Waals surface area contributed by atoms with Crippen LogP contribution >= 0.6 is 0 Å². The Morgan fingerprint density at radius 1 is 1.10 bits per heavy atom. The molecule has 0 aromatic rings. The fraction of sp³-hybridized carbons (Fsp3) is 0.864. The smallest absolute Gasteiger partial charge is 0.327 e. The standard InChI is InChI=1S/C22H38N4O4/c1-4-17(5-2)18(25-11-13-30-14-12-25)15-23-19(27)16-26-20(28)22(24(3)21(26)29)9-7-6-8-10-22/h17-18H,4-16H2,1-3H3,(H,23,27). The lowest BCUT2D eigenvalue weighted by molar-refractivity contribution is -0.137. The van der Waals surface area contributed by atoms with Gasteiger partial charge in [-0.1, -0.05) is 46.0 Å². The minimum absolute atomic E-state index is 0.192. The number of hydrogen-bond donors (Lipinski definition) is 1. The van der Waals surface area contributed by atoms with Gasteiger partial charge in [0.1, 0.15) is 12.1 Å². The molecule has 0 radical (unpaired) electrons. The monoisotopic (exact) mass is 422 g/mol. The van der Waals surface area contributed by atoms with E-state index >= 15 is 0 Å². The van der Waals surface area contributed by atoms with Crippen molar-refractivity contribution >= 4 is 17.8 Å². The summed E-state index contributed by atoms with van der Waals surface area (Å²) in [6.45, 7) is 7.88. The Morgan fingerprint density at radius 2 is 1.73 bits per heavy atom. The van der Waals surface area contributed by atoms with Gasteiger partial charge in [0.15, 0.2) is 0 Å². The van der Waals surface area contributed by atoms with Crippen LogP contribution in [0.3, 0.4) is 0 Å². The molecular formula is C22H38N4O4. The van der Waals surface area contributed by atoms with Gasteiger partial charge in [-0.15, -0.1) is 0 Å². The first kappa shape index (κ1) is 23.0. The molecule has 2 aliphatic heterocycles. The van der Waals surface area contributed by atoms with Gasteiger partial charge in [-0.05, 0) is 18.8 Å². The largest absolute Gasteiger partial charge is 0.379 e. The molecule has 1 N–H and O–H groups in total. The first-order valence-electron chi connectivity index (χ1n) is 11.6. The molecule has 8 heteroatoms. The Bertz CT molecular complexity index is 625. The van der Waals surface area contributed by atoms with Crippen LogP contribution in [0.5, 0.6) is 0 Å². The zero-order chi connectivity index (χ0) is 21.7. The van der Waals surface area contributed by atoms with Crippen molar-refractivity contribution in [3.63, 3.8) is 0 Å². The number of nitrogens with one attached hydrogen (secondary N) is 1. The minimum atomic E-state index is -0.735. The summed E-state index contributed by atoms with van der Waals surface area (Å²) in [6.07, 6.45) is 6.46. The molecule has 30 heavy (non-hydrogen) atoms. The summed E-state index contributed by atoms with van der Waals surface area (Å²) in [5.74, 6) is 0.0202. The molecular weight excluding hydrogens is 384 g/mol.